The molecule has 0 aliphatic carbocycles. The first-order valence-corrected chi connectivity index (χ1v) is 13.6. The number of rotatable bonds is 9. The second-order valence-corrected chi connectivity index (χ2v) is 10.2. The topological polar surface area (TPSA) is 75.8 Å². The number of hydrogen-bond donors (Lipinski definition) is 1. The van der Waals surface area contributed by atoms with E-state index in [9.17, 15) is 9.59 Å². The quantitative estimate of drug-likeness (QED) is 0.577. The van der Waals surface area contributed by atoms with Gasteiger partial charge in [-0.3, -0.25) is 19.5 Å². The molecule has 1 unspecified atom stereocenters. The van der Waals surface area contributed by atoms with Crippen molar-refractivity contribution in [2.75, 3.05) is 62.2 Å². The molecule has 2 fully saturated rings. The molecule has 0 radical (unpaired) electrons. The van der Waals surface area contributed by atoms with Crippen molar-refractivity contribution in [2.24, 2.45) is 5.92 Å². The molecule has 0 spiro atoms. The Morgan fingerprint density at radius 2 is 1.64 bits per heavy atom. The second kappa shape index (κ2) is 12.4. The average molecular weight is 495 g/mol. The monoisotopic (exact) mass is 494 g/mol. The molecule has 8 heteroatoms. The van der Waals surface area contributed by atoms with E-state index >= 15 is 0 Å². The Balaban J connectivity index is 1.31. The Labute approximate surface area is 215 Å². The van der Waals surface area contributed by atoms with Crippen LogP contribution >= 0.6 is 0 Å². The van der Waals surface area contributed by atoms with Crippen molar-refractivity contribution in [3.63, 3.8) is 0 Å². The van der Waals surface area contributed by atoms with Gasteiger partial charge in [0, 0.05) is 76.6 Å². The number of unbranched alkanes of at least 4 members (excludes halogenated alkanes) is 1. The van der Waals surface area contributed by atoms with Gasteiger partial charge in [0.1, 0.15) is 0 Å². The first-order valence-electron chi connectivity index (χ1n) is 13.6. The van der Waals surface area contributed by atoms with Gasteiger partial charge in [0.05, 0.1) is 5.69 Å². The summed E-state index contributed by atoms with van der Waals surface area (Å²) in [7, 11) is 0. The van der Waals surface area contributed by atoms with Crippen LogP contribution in [-0.2, 0) is 11.3 Å². The van der Waals surface area contributed by atoms with Gasteiger partial charge in [-0.25, -0.2) is 4.98 Å². The van der Waals surface area contributed by atoms with Gasteiger partial charge in [-0.2, -0.15) is 0 Å². The van der Waals surface area contributed by atoms with Crippen LogP contribution in [0.5, 0.6) is 0 Å². The van der Waals surface area contributed by atoms with E-state index in [2.05, 4.69) is 64.7 Å². The summed E-state index contributed by atoms with van der Waals surface area (Å²) in [4.78, 5) is 42.0. The summed E-state index contributed by atoms with van der Waals surface area (Å²) < 4.78 is 0. The summed E-state index contributed by atoms with van der Waals surface area (Å²) in [5.74, 6) is 1.04. The van der Waals surface area contributed by atoms with Gasteiger partial charge in [0.15, 0.2) is 0 Å². The van der Waals surface area contributed by atoms with Crippen LogP contribution in [0.4, 0.5) is 11.6 Å². The minimum atomic E-state index is -0.114. The first-order chi connectivity index (χ1) is 17.5. The largest absolute Gasteiger partial charge is 0.369 e. The third-order valence-electron chi connectivity index (χ3n) is 7.58. The summed E-state index contributed by atoms with van der Waals surface area (Å²) in [6.07, 6.45) is 4.09. The van der Waals surface area contributed by atoms with E-state index in [4.69, 9.17) is 4.98 Å². The minimum absolute atomic E-state index is 0.114. The maximum absolute atomic E-state index is 13.0. The SMILES string of the molecule is CCCCC(CC)C(=O)N1CCN(c2nc(CN3CCN(c4ccc(C)cc4)CC3)cc(=O)[nH]2)CC1. The fraction of sp³-hybridized carbons (Fsp3) is 0.607. The molecule has 3 heterocycles. The van der Waals surface area contributed by atoms with Crippen LogP contribution < -0.4 is 15.4 Å². The van der Waals surface area contributed by atoms with Crippen LogP contribution in [0, 0.1) is 12.8 Å². The van der Waals surface area contributed by atoms with Gasteiger partial charge >= 0.3 is 0 Å². The highest BCUT2D eigenvalue weighted by atomic mass is 16.2. The number of carbonyl (C=O) groups excluding carboxylic acids is 1. The molecule has 4 rings (SSSR count). The van der Waals surface area contributed by atoms with Crippen LogP contribution in [0.25, 0.3) is 0 Å². The lowest BCUT2D eigenvalue weighted by Crippen LogP contribution is -2.51. The summed E-state index contributed by atoms with van der Waals surface area (Å²) in [6, 6.07) is 10.3. The number of aromatic amines is 1. The molecule has 1 N–H and O–H groups in total. The number of anilines is 2. The van der Waals surface area contributed by atoms with Crippen molar-refractivity contribution in [3.05, 3.63) is 51.9 Å². The van der Waals surface area contributed by atoms with Gasteiger partial charge in [-0.15, -0.1) is 0 Å². The number of aryl methyl sites for hydroxylation is 1. The smallest absolute Gasteiger partial charge is 0.252 e. The molecule has 1 amide bonds. The second-order valence-electron chi connectivity index (χ2n) is 10.2. The van der Waals surface area contributed by atoms with Gasteiger partial charge < -0.3 is 14.7 Å². The number of carbonyl (C=O) groups is 1. The molecule has 2 aromatic rings. The summed E-state index contributed by atoms with van der Waals surface area (Å²) in [5, 5.41) is 0. The van der Waals surface area contributed by atoms with E-state index in [1.165, 1.54) is 11.3 Å². The lowest BCUT2D eigenvalue weighted by molar-refractivity contribution is -0.136. The van der Waals surface area contributed by atoms with Gasteiger partial charge in [-0.1, -0.05) is 44.4 Å². The first kappa shape index (κ1) is 26.2. The lowest BCUT2D eigenvalue weighted by Gasteiger charge is -2.37. The standard InChI is InChI=1S/C28H42N6O2/c1-4-6-7-23(5-2)27(36)33-16-18-34(19-17-33)28-29-24(20-26(35)30-28)21-31-12-14-32(15-13-31)25-10-8-22(3)9-11-25/h8-11,20,23H,4-7,12-19,21H2,1-3H3,(H,29,30,35). The zero-order valence-corrected chi connectivity index (χ0v) is 22.2. The maximum Gasteiger partial charge on any atom is 0.252 e. The fourth-order valence-corrected chi connectivity index (χ4v) is 5.22. The Morgan fingerprint density at radius 1 is 0.972 bits per heavy atom. The van der Waals surface area contributed by atoms with Crippen molar-refractivity contribution in [2.45, 2.75) is 53.0 Å². The highest BCUT2D eigenvalue weighted by molar-refractivity contribution is 5.79. The summed E-state index contributed by atoms with van der Waals surface area (Å²) >= 11 is 0. The molecule has 1 aromatic carbocycles. The van der Waals surface area contributed by atoms with Crippen LogP contribution in [0.2, 0.25) is 0 Å². The minimum Gasteiger partial charge on any atom is -0.369 e. The summed E-state index contributed by atoms with van der Waals surface area (Å²) in [5.41, 5.74) is 3.24. The van der Waals surface area contributed by atoms with Crippen LogP contribution in [0.3, 0.4) is 0 Å². The maximum atomic E-state index is 13.0. The molecular formula is C28H42N6O2. The van der Waals surface area contributed by atoms with E-state index in [1.807, 2.05) is 4.90 Å². The van der Waals surface area contributed by atoms with E-state index in [-0.39, 0.29) is 17.4 Å². The molecule has 0 bridgehead atoms. The van der Waals surface area contributed by atoms with Gasteiger partial charge in [-0.05, 0) is 31.9 Å². The third-order valence-corrected chi connectivity index (χ3v) is 7.58. The van der Waals surface area contributed by atoms with Crippen LogP contribution in [0.15, 0.2) is 35.1 Å². The molecule has 36 heavy (non-hydrogen) atoms. The highest BCUT2D eigenvalue weighted by Crippen LogP contribution is 2.20. The number of aromatic nitrogens is 2. The highest BCUT2D eigenvalue weighted by Gasteiger charge is 2.27. The van der Waals surface area contributed by atoms with E-state index in [0.717, 1.165) is 57.6 Å². The van der Waals surface area contributed by atoms with Crippen molar-refractivity contribution in [3.8, 4) is 0 Å². The number of benzene rings is 1. The van der Waals surface area contributed by atoms with E-state index < -0.39 is 0 Å². The molecular weight excluding hydrogens is 452 g/mol. The third kappa shape index (κ3) is 6.66. The molecule has 0 saturated carbocycles. The predicted octanol–water partition coefficient (Wildman–Crippen LogP) is 3.27. The zero-order valence-electron chi connectivity index (χ0n) is 22.2. The predicted molar refractivity (Wildman–Crippen MR) is 146 cm³/mol. The Morgan fingerprint density at radius 3 is 2.28 bits per heavy atom. The number of hydrogen-bond acceptors (Lipinski definition) is 6. The Kier molecular flexibility index (Phi) is 9.02. The molecule has 2 aliphatic rings. The van der Waals surface area contributed by atoms with Gasteiger partial charge in [0.2, 0.25) is 11.9 Å². The number of nitrogens with zero attached hydrogens (tertiary/aromatic N) is 5. The normalized spacial score (nSPS) is 17.9. The summed E-state index contributed by atoms with van der Waals surface area (Å²) in [6.45, 7) is 13.6. The molecule has 2 aliphatic heterocycles. The molecule has 1 atom stereocenters. The van der Waals surface area contributed by atoms with Gasteiger partial charge in [0.25, 0.3) is 5.56 Å². The Hall–Kier alpha value is -2.87. The number of H-pyrrole nitrogens is 1. The Bertz CT molecular complexity index is 1040. The van der Waals surface area contributed by atoms with Crippen LogP contribution in [-0.4, -0.2) is 78.0 Å². The van der Waals surface area contributed by atoms with Crippen LogP contribution in [0.1, 0.15) is 50.8 Å². The van der Waals surface area contributed by atoms with Crippen molar-refractivity contribution in [1.29, 1.82) is 0 Å². The van der Waals surface area contributed by atoms with Crippen molar-refractivity contribution in [1.82, 2.24) is 19.8 Å². The van der Waals surface area contributed by atoms with Crippen molar-refractivity contribution < 1.29 is 4.79 Å². The van der Waals surface area contributed by atoms with E-state index in [1.54, 1.807) is 6.07 Å². The average Bonchev–Trinajstić information content (AvgIpc) is 2.90. The van der Waals surface area contributed by atoms with E-state index in [0.29, 0.717) is 38.7 Å². The number of piperazine rings is 2. The number of amides is 1. The molecule has 196 valence electrons. The zero-order chi connectivity index (χ0) is 25.5. The number of nitrogens with one attached hydrogen (secondary N) is 1. The molecule has 2 saturated heterocycles. The fourth-order valence-electron chi connectivity index (χ4n) is 5.22. The lowest BCUT2D eigenvalue weighted by atomic mass is 9.97. The molecule has 8 nitrogen and oxygen atoms in total. The van der Waals surface area contributed by atoms with Crippen molar-refractivity contribution >= 4 is 17.5 Å². The molecule has 1 aromatic heterocycles.